The fraction of sp³-hybridized carbons (Fsp3) is 0.424. The van der Waals surface area contributed by atoms with Gasteiger partial charge in [0.1, 0.15) is 11.5 Å². The molecule has 49 heavy (non-hydrogen) atoms. The molecule has 0 radical (unpaired) electrons. The average molecular weight is 712 g/mol. The number of piperidine rings is 1. The third-order valence-corrected chi connectivity index (χ3v) is 9.40. The summed E-state index contributed by atoms with van der Waals surface area (Å²) in [5.41, 5.74) is -2.94. The van der Waals surface area contributed by atoms with Crippen LogP contribution in [0.15, 0.2) is 65.7 Å². The van der Waals surface area contributed by atoms with Crippen LogP contribution in [0, 0.1) is 0 Å². The number of rotatable bonds is 7. The summed E-state index contributed by atoms with van der Waals surface area (Å²) in [6, 6.07) is 11.5. The summed E-state index contributed by atoms with van der Waals surface area (Å²) >= 11 is 6.45. The van der Waals surface area contributed by atoms with Gasteiger partial charge in [-0.3, -0.25) is 18.7 Å². The number of alkyl halides is 6. The number of aromatic nitrogens is 3. The van der Waals surface area contributed by atoms with Gasteiger partial charge in [0.05, 0.1) is 48.3 Å². The first-order valence-corrected chi connectivity index (χ1v) is 15.9. The summed E-state index contributed by atoms with van der Waals surface area (Å²) in [7, 11) is 0. The Morgan fingerprint density at radius 3 is 2.43 bits per heavy atom. The lowest BCUT2D eigenvalue weighted by Crippen LogP contribution is -2.50. The van der Waals surface area contributed by atoms with Gasteiger partial charge in [-0.05, 0) is 42.2 Å². The molecule has 2 N–H and O–H groups in total. The van der Waals surface area contributed by atoms with Gasteiger partial charge in [-0.1, -0.05) is 48.0 Å². The van der Waals surface area contributed by atoms with Gasteiger partial charge < -0.3 is 20.1 Å². The molecule has 2 atom stereocenters. The molecule has 2 fully saturated rings. The number of fused-ring (bicyclic) bond motifs is 1. The Bertz CT molecular complexity index is 1880. The molecule has 2 aromatic carbocycles. The third kappa shape index (κ3) is 7.35. The molecule has 2 saturated heterocycles. The van der Waals surface area contributed by atoms with Gasteiger partial charge in [0.15, 0.2) is 5.65 Å². The predicted octanol–water partition coefficient (Wildman–Crippen LogP) is 5.61. The van der Waals surface area contributed by atoms with Crippen molar-refractivity contribution in [2.24, 2.45) is 0 Å². The van der Waals surface area contributed by atoms with Crippen LogP contribution in [-0.2, 0) is 22.3 Å². The topological polar surface area (TPSA) is 102 Å². The number of halogens is 7. The number of nitrogens with zero attached hydrogens (tertiary/aromatic N) is 4. The molecule has 2 aliphatic heterocycles. The van der Waals surface area contributed by atoms with Crippen LogP contribution >= 0.6 is 11.6 Å². The summed E-state index contributed by atoms with van der Waals surface area (Å²) in [6.45, 7) is 0.572. The zero-order chi connectivity index (χ0) is 35.1. The first-order valence-electron chi connectivity index (χ1n) is 15.6. The van der Waals surface area contributed by atoms with Gasteiger partial charge in [-0.15, -0.1) is 0 Å². The van der Waals surface area contributed by atoms with E-state index >= 15 is 0 Å². The third-order valence-electron chi connectivity index (χ3n) is 9.13. The minimum absolute atomic E-state index is 0.00259. The number of ether oxygens (including phenoxy) is 1. The summed E-state index contributed by atoms with van der Waals surface area (Å²) in [6.07, 6.45) is -8.97. The lowest BCUT2D eigenvalue weighted by molar-refractivity contribution is -0.162. The highest BCUT2D eigenvalue weighted by Gasteiger charge is 2.44. The number of aliphatic hydroxyl groups is 1. The summed E-state index contributed by atoms with van der Waals surface area (Å²) in [5, 5.41) is 14.3. The van der Waals surface area contributed by atoms with Crippen LogP contribution in [-0.4, -0.2) is 74.7 Å². The van der Waals surface area contributed by atoms with E-state index in [0.717, 1.165) is 17.0 Å². The molecule has 0 aliphatic carbocycles. The normalized spacial score (nSPS) is 19.3. The van der Waals surface area contributed by atoms with E-state index in [1.54, 1.807) is 6.07 Å². The second-order valence-corrected chi connectivity index (χ2v) is 12.8. The van der Waals surface area contributed by atoms with Crippen LogP contribution in [0.4, 0.5) is 26.3 Å². The molecule has 16 heteroatoms. The van der Waals surface area contributed by atoms with Crippen molar-refractivity contribution in [3.05, 3.63) is 93.1 Å². The quantitative estimate of drug-likeness (QED) is 0.242. The van der Waals surface area contributed by atoms with Crippen molar-refractivity contribution < 1.29 is 41.0 Å². The van der Waals surface area contributed by atoms with Crippen LogP contribution in [0.3, 0.4) is 0 Å². The number of carbonyl (C=O) groups excluding carboxylic acids is 1. The number of nitrogens with one attached hydrogen (secondary N) is 1. The van der Waals surface area contributed by atoms with E-state index in [-0.39, 0.29) is 72.1 Å². The van der Waals surface area contributed by atoms with Crippen molar-refractivity contribution in [1.82, 2.24) is 24.3 Å². The monoisotopic (exact) mass is 711 g/mol. The molecule has 4 heterocycles. The molecule has 1 amide bonds. The number of benzene rings is 2. The van der Waals surface area contributed by atoms with E-state index in [2.05, 4.69) is 10.3 Å². The molecular weight excluding hydrogens is 680 g/mol. The largest absolute Gasteiger partial charge is 0.416 e. The van der Waals surface area contributed by atoms with Crippen molar-refractivity contribution in [3.63, 3.8) is 0 Å². The minimum Gasteiger partial charge on any atom is -0.388 e. The molecule has 6 rings (SSSR count). The van der Waals surface area contributed by atoms with Crippen LogP contribution in [0.5, 0.6) is 0 Å². The second-order valence-electron chi connectivity index (χ2n) is 12.4. The number of amides is 1. The summed E-state index contributed by atoms with van der Waals surface area (Å²) < 4.78 is 91.7. The molecule has 0 spiro atoms. The van der Waals surface area contributed by atoms with E-state index in [4.69, 9.17) is 16.3 Å². The molecule has 0 saturated carbocycles. The minimum atomic E-state index is -4.70. The Hall–Kier alpha value is -3.92. The number of likely N-dealkylation sites (tertiary alicyclic amines) is 1. The molecular formula is C33H32ClF6N5O4. The van der Waals surface area contributed by atoms with Crippen molar-refractivity contribution in [2.45, 2.75) is 55.7 Å². The molecule has 9 nitrogen and oxygen atoms in total. The van der Waals surface area contributed by atoms with Crippen molar-refractivity contribution in [3.8, 4) is 5.69 Å². The smallest absolute Gasteiger partial charge is 0.388 e. The average Bonchev–Trinajstić information content (AvgIpc) is 3.41. The SMILES string of the molecule is O=C(C[C@H](c1ccccc1)C(F)(F)F)N1CCC(O)(Cn2cnc3c(cc(Cl)n3-c3ccc([C@H]4COCCN4)c(C(F)(F)F)c3)c2=O)CC1. The molecule has 4 aromatic rings. The number of hydrogen-bond donors (Lipinski definition) is 2. The highest BCUT2D eigenvalue weighted by Crippen LogP contribution is 2.39. The maximum absolute atomic E-state index is 14.2. The zero-order valence-corrected chi connectivity index (χ0v) is 26.7. The second kappa shape index (κ2) is 13.4. The van der Waals surface area contributed by atoms with Gasteiger partial charge in [-0.25, -0.2) is 4.98 Å². The van der Waals surface area contributed by atoms with Crippen molar-refractivity contribution in [2.75, 3.05) is 32.8 Å². The van der Waals surface area contributed by atoms with Crippen LogP contribution in [0.25, 0.3) is 16.7 Å². The molecule has 2 aliphatic rings. The standard InChI is InChI=1S/C33H32ClF6N5O4/c34-27-15-23-29(45(27)21-6-7-22(25(14-21)33(38,39)40)26-17-49-13-10-41-26)42-19-44(30(23)47)18-31(48)8-11-43(12-9-31)28(46)16-24(32(35,36)37)20-4-2-1-3-5-20/h1-7,14-15,19,24,26,41,48H,8-13,16-18H2/t24-,26-/m1/s1. The summed E-state index contributed by atoms with van der Waals surface area (Å²) in [5.74, 6) is -2.67. The highest BCUT2D eigenvalue weighted by atomic mass is 35.5. The molecule has 0 bridgehead atoms. The Kier molecular flexibility index (Phi) is 9.56. The maximum Gasteiger partial charge on any atom is 0.416 e. The highest BCUT2D eigenvalue weighted by molar-refractivity contribution is 6.31. The number of morpholine rings is 1. The molecule has 262 valence electrons. The van der Waals surface area contributed by atoms with Crippen LogP contribution < -0.4 is 10.9 Å². The number of carbonyl (C=O) groups is 1. The Morgan fingerprint density at radius 1 is 1.08 bits per heavy atom. The Morgan fingerprint density at radius 2 is 1.80 bits per heavy atom. The fourth-order valence-corrected chi connectivity index (χ4v) is 6.79. The lowest BCUT2D eigenvalue weighted by atomic mass is 9.89. The van der Waals surface area contributed by atoms with Crippen molar-refractivity contribution >= 4 is 28.5 Å². The maximum atomic E-state index is 14.2. The van der Waals surface area contributed by atoms with Crippen molar-refractivity contribution in [1.29, 1.82) is 0 Å². The van der Waals surface area contributed by atoms with E-state index in [9.17, 15) is 41.0 Å². The Balaban J connectivity index is 1.19. The van der Waals surface area contributed by atoms with Crippen LogP contribution in [0.2, 0.25) is 5.15 Å². The van der Waals surface area contributed by atoms with E-state index in [1.807, 2.05) is 0 Å². The van der Waals surface area contributed by atoms with Gasteiger partial charge in [0, 0.05) is 31.7 Å². The first-order chi connectivity index (χ1) is 23.1. The predicted molar refractivity (Wildman–Crippen MR) is 168 cm³/mol. The number of hydrogen-bond acceptors (Lipinski definition) is 6. The fourth-order valence-electron chi connectivity index (χ4n) is 6.50. The Labute approximate surface area is 281 Å². The van der Waals surface area contributed by atoms with Gasteiger partial charge in [0.2, 0.25) is 5.91 Å². The zero-order valence-electron chi connectivity index (χ0n) is 25.9. The van der Waals surface area contributed by atoms with E-state index in [1.165, 1.54) is 51.9 Å². The van der Waals surface area contributed by atoms with E-state index < -0.39 is 53.4 Å². The van der Waals surface area contributed by atoms with Gasteiger partial charge in [0.25, 0.3) is 5.56 Å². The van der Waals surface area contributed by atoms with Crippen LogP contribution in [0.1, 0.15) is 47.9 Å². The first kappa shape index (κ1) is 34.9. The molecule has 2 aromatic heterocycles. The molecule has 0 unspecified atom stereocenters. The van der Waals surface area contributed by atoms with E-state index in [0.29, 0.717) is 13.2 Å². The van der Waals surface area contributed by atoms with Gasteiger partial charge >= 0.3 is 12.4 Å². The lowest BCUT2D eigenvalue weighted by Gasteiger charge is -2.39. The van der Waals surface area contributed by atoms with Gasteiger partial charge in [-0.2, -0.15) is 26.3 Å². The summed E-state index contributed by atoms with van der Waals surface area (Å²) in [4.78, 5) is 32.0.